The first-order valence-electron chi connectivity index (χ1n) is 7.82. The van der Waals surface area contributed by atoms with E-state index in [1.54, 1.807) is 4.90 Å². The zero-order valence-electron chi connectivity index (χ0n) is 13.2. The van der Waals surface area contributed by atoms with Gasteiger partial charge in [-0.25, -0.2) is 4.90 Å². The lowest BCUT2D eigenvalue weighted by atomic mass is 9.72. The Kier molecular flexibility index (Phi) is 4.87. The summed E-state index contributed by atoms with van der Waals surface area (Å²) in [4.78, 5) is 1.80. The number of aliphatic hydroxyl groups excluding tert-OH is 1. The Balaban J connectivity index is 1.63. The molecule has 3 rings (SSSR count). The van der Waals surface area contributed by atoms with Gasteiger partial charge in [0.25, 0.3) is 0 Å². The van der Waals surface area contributed by atoms with E-state index < -0.39 is 6.23 Å². The third kappa shape index (κ3) is 3.26. The Bertz CT molecular complexity index is 390. The molecule has 1 saturated carbocycles. The topological polar surface area (TPSA) is 32.7 Å². The zero-order chi connectivity index (χ0) is 15.4. The molecule has 7 atom stereocenters. The van der Waals surface area contributed by atoms with Gasteiger partial charge in [-0.3, -0.25) is 0 Å². The maximum atomic E-state index is 10.3. The highest BCUT2D eigenvalue weighted by Crippen LogP contribution is 2.55. The van der Waals surface area contributed by atoms with Crippen LogP contribution in [0, 0.1) is 11.3 Å². The molecule has 21 heavy (non-hydrogen) atoms. The Hall–Kier alpha value is 0.930. The molecule has 2 saturated heterocycles. The van der Waals surface area contributed by atoms with E-state index in [-0.39, 0.29) is 11.7 Å². The number of fused-ring (bicyclic) bond motifs is 1. The highest BCUT2D eigenvalue weighted by Gasteiger charge is 2.50. The predicted molar refractivity (Wildman–Crippen MR) is 94.8 cm³/mol. The summed E-state index contributed by atoms with van der Waals surface area (Å²) in [5, 5.41) is 11.8. The molecule has 1 aliphatic carbocycles. The van der Waals surface area contributed by atoms with Crippen LogP contribution in [0.3, 0.4) is 0 Å². The van der Waals surface area contributed by atoms with E-state index in [2.05, 4.69) is 33.4 Å². The summed E-state index contributed by atoms with van der Waals surface area (Å²) in [6, 6.07) is 0. The van der Waals surface area contributed by atoms with Crippen molar-refractivity contribution in [3.63, 3.8) is 0 Å². The second kappa shape index (κ2) is 6.10. The van der Waals surface area contributed by atoms with Gasteiger partial charge in [0.2, 0.25) is 0 Å². The van der Waals surface area contributed by atoms with Crippen molar-refractivity contribution in [2.45, 2.75) is 73.0 Å². The average molecular weight is 350 g/mol. The first-order valence-corrected chi connectivity index (χ1v) is 10.2. The van der Waals surface area contributed by atoms with Gasteiger partial charge in [0.1, 0.15) is 12.3 Å². The average Bonchev–Trinajstić information content (AvgIpc) is 2.93. The summed E-state index contributed by atoms with van der Waals surface area (Å²) < 4.78 is 6.21. The van der Waals surface area contributed by atoms with E-state index in [4.69, 9.17) is 4.74 Å². The van der Waals surface area contributed by atoms with Crippen LogP contribution in [0.4, 0.5) is 0 Å². The molecule has 0 spiro atoms. The maximum absolute atomic E-state index is 10.3. The highest BCUT2D eigenvalue weighted by atomic mass is 32.2. The van der Waals surface area contributed by atoms with Crippen LogP contribution in [0.15, 0.2) is 0 Å². The molecule has 2 aliphatic heterocycles. The number of nitrogens with zero attached hydrogens (tertiary/aromatic N) is 1. The maximum Gasteiger partial charge on any atom is 0.158 e. The van der Waals surface area contributed by atoms with Crippen LogP contribution in [0.1, 0.15) is 40.0 Å². The second-order valence-corrected chi connectivity index (χ2v) is 11.1. The van der Waals surface area contributed by atoms with Crippen molar-refractivity contribution in [1.82, 2.24) is 4.90 Å². The van der Waals surface area contributed by atoms with Gasteiger partial charge in [0.05, 0.1) is 4.58 Å². The fourth-order valence-electron chi connectivity index (χ4n) is 3.59. The number of likely N-dealkylation sites (N-methyl/N-ethyl adjacent to an activating group) is 1. The van der Waals surface area contributed by atoms with Gasteiger partial charge in [-0.1, -0.05) is 20.8 Å². The molecular formula is C15H27NO2S3. The van der Waals surface area contributed by atoms with Crippen LogP contribution in [0.2, 0.25) is 0 Å². The molecule has 122 valence electrons. The number of ether oxygens (including phenoxy) is 1. The van der Waals surface area contributed by atoms with Crippen molar-refractivity contribution < 1.29 is 9.84 Å². The molecule has 1 N–H and O–H groups in total. The summed E-state index contributed by atoms with van der Waals surface area (Å²) in [5.41, 5.74) is 0.129. The predicted octanol–water partition coefficient (Wildman–Crippen LogP) is 3.24. The molecule has 3 nitrogen and oxygen atoms in total. The monoisotopic (exact) mass is 349 g/mol. The summed E-state index contributed by atoms with van der Waals surface area (Å²) in [7, 11) is 1.87. The van der Waals surface area contributed by atoms with E-state index in [0.29, 0.717) is 10.00 Å². The van der Waals surface area contributed by atoms with Crippen LogP contribution in [0.5, 0.6) is 0 Å². The lowest BCUT2D eigenvalue weighted by Crippen LogP contribution is -2.37. The summed E-state index contributed by atoms with van der Waals surface area (Å²) in [6.45, 7) is 7.10. The van der Waals surface area contributed by atoms with Crippen LogP contribution < -0.4 is 0 Å². The first-order chi connectivity index (χ1) is 9.77. The van der Waals surface area contributed by atoms with Gasteiger partial charge in [0, 0.05) is 10.5 Å². The van der Waals surface area contributed by atoms with Crippen molar-refractivity contribution in [2.75, 3.05) is 7.05 Å². The fourth-order valence-corrected chi connectivity index (χ4v) is 7.99. The summed E-state index contributed by atoms with van der Waals surface area (Å²) >= 11 is 8.45. The molecule has 0 amide bonds. The third-order valence-electron chi connectivity index (χ3n) is 5.18. The van der Waals surface area contributed by atoms with Crippen molar-refractivity contribution in [3.8, 4) is 0 Å². The highest BCUT2D eigenvalue weighted by molar-refractivity contribution is 8.21. The zero-order valence-corrected chi connectivity index (χ0v) is 15.8. The van der Waals surface area contributed by atoms with Crippen molar-refractivity contribution in [2.24, 2.45) is 11.3 Å². The van der Waals surface area contributed by atoms with E-state index in [0.717, 1.165) is 16.4 Å². The van der Waals surface area contributed by atoms with Gasteiger partial charge in [-0.15, -0.1) is 36.2 Å². The quantitative estimate of drug-likeness (QED) is 0.710. The molecular weight excluding hydrogens is 322 g/mol. The molecule has 0 aromatic rings. The standard InChI is InChI=1S/C15H27NO2S3/c1-15(2,3)8-5-6-9-10(7-8)21-13(20-9)11-12(17)16(4)14(19)18-11/h8-14,17,19H,5-7H2,1-4H3/t8?,9?,10?,11-,12?,13?,14?/m0/s1. The molecule has 0 radical (unpaired) electrons. The molecule has 6 heteroatoms. The normalized spacial score (nSPS) is 48.6. The lowest BCUT2D eigenvalue weighted by molar-refractivity contribution is 0.0310. The Morgan fingerprint density at radius 1 is 1.19 bits per heavy atom. The minimum Gasteiger partial charge on any atom is -0.375 e. The van der Waals surface area contributed by atoms with Crippen molar-refractivity contribution in [3.05, 3.63) is 0 Å². The third-order valence-corrected chi connectivity index (χ3v) is 9.36. The minimum absolute atomic E-state index is 0.119. The lowest BCUT2D eigenvalue weighted by Gasteiger charge is -2.38. The van der Waals surface area contributed by atoms with Crippen molar-refractivity contribution >= 4 is 36.2 Å². The van der Waals surface area contributed by atoms with Gasteiger partial charge in [0.15, 0.2) is 5.56 Å². The van der Waals surface area contributed by atoms with Crippen molar-refractivity contribution in [1.29, 1.82) is 0 Å². The minimum atomic E-state index is -0.531. The molecule has 3 fully saturated rings. The van der Waals surface area contributed by atoms with Gasteiger partial charge in [-0.2, -0.15) is 0 Å². The first kappa shape index (κ1) is 16.8. The van der Waals surface area contributed by atoms with E-state index in [1.807, 2.05) is 30.6 Å². The number of thiol groups is 1. The Morgan fingerprint density at radius 3 is 2.43 bits per heavy atom. The van der Waals surface area contributed by atoms with E-state index >= 15 is 0 Å². The molecule has 0 bridgehead atoms. The number of hydrogen-bond donors (Lipinski definition) is 2. The number of rotatable bonds is 1. The van der Waals surface area contributed by atoms with E-state index in [9.17, 15) is 5.11 Å². The fraction of sp³-hybridized carbons (Fsp3) is 1.00. The Labute approximate surface area is 142 Å². The molecule has 0 aromatic carbocycles. The van der Waals surface area contributed by atoms with Gasteiger partial charge in [-0.05, 0) is 37.6 Å². The number of aliphatic hydroxyl groups is 1. The summed E-state index contributed by atoms with van der Waals surface area (Å²) in [6.07, 6.45) is 3.31. The second-order valence-electron chi connectivity index (χ2n) is 7.60. The largest absolute Gasteiger partial charge is 0.375 e. The molecule has 3 aliphatic rings. The van der Waals surface area contributed by atoms with E-state index in [1.165, 1.54) is 19.3 Å². The Morgan fingerprint density at radius 2 is 1.86 bits per heavy atom. The molecule has 2 heterocycles. The van der Waals surface area contributed by atoms with Gasteiger partial charge < -0.3 is 9.84 Å². The smallest absolute Gasteiger partial charge is 0.158 e. The van der Waals surface area contributed by atoms with Crippen LogP contribution in [0.25, 0.3) is 0 Å². The molecule has 6 unspecified atom stereocenters. The number of thioether (sulfide) groups is 2. The van der Waals surface area contributed by atoms with Crippen LogP contribution in [-0.2, 0) is 4.74 Å². The van der Waals surface area contributed by atoms with Crippen LogP contribution in [-0.4, -0.2) is 50.0 Å². The number of hydrogen-bond acceptors (Lipinski definition) is 6. The van der Waals surface area contributed by atoms with Crippen LogP contribution >= 0.6 is 36.2 Å². The summed E-state index contributed by atoms with van der Waals surface area (Å²) in [5.74, 6) is 0.820. The molecule has 0 aromatic heterocycles. The SMILES string of the molecule is CN1C(S)O[C@H](C2SC3CCC(C(C)(C)C)CC3S2)C1O. The van der Waals surface area contributed by atoms with Gasteiger partial charge >= 0.3 is 0 Å².